The molecular weight excluding hydrogens is 418 g/mol. The van der Waals surface area contributed by atoms with Gasteiger partial charge >= 0.3 is 5.97 Å². The quantitative estimate of drug-likeness (QED) is 0.340. The van der Waals surface area contributed by atoms with Crippen molar-refractivity contribution in [2.45, 2.75) is 77.6 Å². The van der Waals surface area contributed by atoms with Gasteiger partial charge in [-0.25, -0.2) is 9.78 Å². The Kier molecular flexibility index (Phi) is 7.53. The molecule has 2 aromatic heterocycles. The van der Waals surface area contributed by atoms with Crippen LogP contribution in [0.15, 0.2) is 18.3 Å². The fourth-order valence-electron chi connectivity index (χ4n) is 2.98. The third kappa shape index (κ3) is 5.50. The maximum atomic E-state index is 12.0. The molecule has 0 aliphatic rings. The number of aromatic carboxylic acids is 1. The summed E-state index contributed by atoms with van der Waals surface area (Å²) in [5.74, 6) is -1.13. The van der Waals surface area contributed by atoms with E-state index in [9.17, 15) is 9.90 Å². The van der Waals surface area contributed by atoms with Gasteiger partial charge in [0.05, 0.1) is 23.3 Å². The van der Waals surface area contributed by atoms with E-state index in [1.54, 1.807) is 18.3 Å². The lowest BCUT2D eigenvalue weighted by atomic mass is 9.95. The molecule has 1 atom stereocenters. The van der Waals surface area contributed by atoms with E-state index in [0.29, 0.717) is 23.3 Å². The summed E-state index contributed by atoms with van der Waals surface area (Å²) in [6.07, 6.45) is 4.46. The number of hydrogen-bond acceptors (Lipinski definition) is 5. The number of unbranched alkanes of at least 4 members (excludes halogenated alkanes) is 1. The minimum atomic E-state index is -1.98. The van der Waals surface area contributed by atoms with Crippen molar-refractivity contribution in [2.75, 3.05) is 11.9 Å². The number of pyridine rings is 2. The van der Waals surface area contributed by atoms with Gasteiger partial charge in [-0.3, -0.25) is 4.98 Å². The lowest BCUT2D eigenvalue weighted by Gasteiger charge is -2.41. The summed E-state index contributed by atoms with van der Waals surface area (Å²) in [5, 5.41) is 13.3. The molecule has 0 aliphatic heterocycles. The topological polar surface area (TPSA) is 84.3 Å². The molecule has 1 unspecified atom stereocenters. The SMILES string of the molecule is CCCCC(C)(CO[Si](C)(C)C(C)(C)C)Nc1c(C(=O)O)c(Cl)nc2cccnc12. The molecule has 2 rings (SSSR count). The van der Waals surface area contributed by atoms with Crippen LogP contribution in [0.25, 0.3) is 11.0 Å². The van der Waals surface area contributed by atoms with E-state index < -0.39 is 19.8 Å². The zero-order valence-electron chi connectivity index (χ0n) is 19.1. The molecule has 0 spiro atoms. The van der Waals surface area contributed by atoms with Crippen molar-refractivity contribution < 1.29 is 14.3 Å². The minimum absolute atomic E-state index is 0.0475. The number of anilines is 1. The van der Waals surface area contributed by atoms with Crippen molar-refractivity contribution in [1.82, 2.24) is 9.97 Å². The highest BCUT2D eigenvalue weighted by Crippen LogP contribution is 2.38. The van der Waals surface area contributed by atoms with Crippen LogP contribution in [0.3, 0.4) is 0 Å². The molecule has 0 saturated heterocycles. The van der Waals surface area contributed by atoms with Gasteiger partial charge in [0.25, 0.3) is 0 Å². The normalized spacial score (nSPS) is 14.5. The second kappa shape index (κ2) is 9.20. The molecule has 6 nitrogen and oxygen atoms in total. The second-order valence-corrected chi connectivity index (χ2v) is 14.8. The summed E-state index contributed by atoms with van der Waals surface area (Å²) in [4.78, 5) is 20.6. The fourth-order valence-corrected chi connectivity index (χ4v) is 4.35. The lowest BCUT2D eigenvalue weighted by molar-refractivity contribution is 0.0697. The van der Waals surface area contributed by atoms with Crippen LogP contribution in [0.5, 0.6) is 0 Å². The maximum absolute atomic E-state index is 12.0. The first-order valence-corrected chi connectivity index (χ1v) is 13.7. The highest BCUT2D eigenvalue weighted by Gasteiger charge is 2.39. The molecule has 0 aromatic carbocycles. The highest BCUT2D eigenvalue weighted by atomic mass is 35.5. The van der Waals surface area contributed by atoms with Crippen LogP contribution < -0.4 is 5.32 Å². The number of hydrogen-bond donors (Lipinski definition) is 2. The Morgan fingerprint density at radius 2 is 1.97 bits per heavy atom. The predicted molar refractivity (Wildman–Crippen MR) is 126 cm³/mol. The number of halogens is 1. The Morgan fingerprint density at radius 1 is 1.30 bits per heavy atom. The van der Waals surface area contributed by atoms with Gasteiger partial charge in [0.15, 0.2) is 8.32 Å². The molecule has 166 valence electrons. The monoisotopic (exact) mass is 451 g/mol. The van der Waals surface area contributed by atoms with E-state index in [1.807, 2.05) is 0 Å². The summed E-state index contributed by atoms with van der Waals surface area (Å²) in [5.41, 5.74) is 0.908. The lowest BCUT2D eigenvalue weighted by Crippen LogP contribution is -2.48. The average molecular weight is 452 g/mol. The van der Waals surface area contributed by atoms with E-state index in [2.05, 4.69) is 63.0 Å². The summed E-state index contributed by atoms with van der Waals surface area (Å²) in [7, 11) is -1.98. The van der Waals surface area contributed by atoms with Crippen molar-refractivity contribution in [1.29, 1.82) is 0 Å². The van der Waals surface area contributed by atoms with Crippen molar-refractivity contribution in [3.8, 4) is 0 Å². The molecular formula is C22H34ClN3O3Si. The Bertz CT molecular complexity index is 914. The van der Waals surface area contributed by atoms with Gasteiger partial charge < -0.3 is 14.8 Å². The maximum Gasteiger partial charge on any atom is 0.341 e. The molecule has 2 heterocycles. The Balaban J connectivity index is 2.51. The van der Waals surface area contributed by atoms with Gasteiger partial charge in [0.1, 0.15) is 16.2 Å². The number of nitrogens with one attached hydrogen (secondary N) is 1. The Morgan fingerprint density at radius 3 is 2.53 bits per heavy atom. The number of carboxylic acids is 1. The Hall–Kier alpha value is -1.70. The van der Waals surface area contributed by atoms with Crippen LogP contribution in [-0.2, 0) is 4.43 Å². The van der Waals surface area contributed by atoms with Crippen molar-refractivity contribution >= 4 is 42.6 Å². The third-order valence-electron chi connectivity index (χ3n) is 5.98. The molecule has 0 amide bonds. The van der Waals surface area contributed by atoms with Crippen LogP contribution >= 0.6 is 11.6 Å². The van der Waals surface area contributed by atoms with Gasteiger partial charge in [-0.15, -0.1) is 0 Å². The largest absolute Gasteiger partial charge is 0.478 e. The molecule has 2 aromatic rings. The van der Waals surface area contributed by atoms with Crippen LogP contribution in [0.4, 0.5) is 5.69 Å². The summed E-state index contributed by atoms with van der Waals surface area (Å²) in [6.45, 7) is 15.7. The van der Waals surface area contributed by atoms with Gasteiger partial charge in [0.2, 0.25) is 0 Å². The van der Waals surface area contributed by atoms with Gasteiger partial charge in [-0.05, 0) is 43.6 Å². The second-order valence-electron chi connectivity index (χ2n) is 9.67. The molecule has 30 heavy (non-hydrogen) atoms. The zero-order chi connectivity index (χ0) is 22.7. The molecule has 0 radical (unpaired) electrons. The zero-order valence-corrected chi connectivity index (χ0v) is 20.9. The molecule has 8 heteroatoms. The number of carboxylic acid groups (broad SMARTS) is 1. The molecule has 2 N–H and O–H groups in total. The van der Waals surface area contributed by atoms with E-state index >= 15 is 0 Å². The number of aromatic nitrogens is 2. The van der Waals surface area contributed by atoms with Gasteiger partial charge in [0, 0.05) is 6.20 Å². The smallest absolute Gasteiger partial charge is 0.341 e. The molecule has 0 saturated carbocycles. The molecule has 0 fully saturated rings. The molecule has 0 bridgehead atoms. The van der Waals surface area contributed by atoms with Crippen LogP contribution in [0.1, 0.15) is 64.2 Å². The molecule has 0 aliphatic carbocycles. The summed E-state index contributed by atoms with van der Waals surface area (Å²) in [6, 6.07) is 3.53. The first-order chi connectivity index (χ1) is 13.8. The standard InChI is InChI=1S/C22H34ClN3O3Si/c1-8-9-12-22(5,14-29-30(6,7)21(2,3)4)26-18-16(20(27)28)19(23)25-15-11-10-13-24-17(15)18/h10-11,13H,8-9,12,14H2,1-7H3,(H,25,26)(H,27,28). The van der Waals surface area contributed by atoms with Crippen LogP contribution in [0.2, 0.25) is 23.3 Å². The van der Waals surface area contributed by atoms with Gasteiger partial charge in [-0.1, -0.05) is 52.1 Å². The Labute approximate surface area is 185 Å². The third-order valence-corrected chi connectivity index (χ3v) is 10.7. The van der Waals surface area contributed by atoms with E-state index in [0.717, 1.165) is 19.3 Å². The van der Waals surface area contributed by atoms with E-state index in [-0.39, 0.29) is 15.8 Å². The fraction of sp³-hybridized carbons (Fsp3) is 0.591. The predicted octanol–water partition coefficient (Wildman–Crippen LogP) is 6.36. The number of carbonyl (C=O) groups is 1. The average Bonchev–Trinajstić information content (AvgIpc) is 2.64. The van der Waals surface area contributed by atoms with Crippen molar-refractivity contribution in [2.24, 2.45) is 0 Å². The first-order valence-electron chi connectivity index (χ1n) is 10.4. The number of rotatable bonds is 9. The number of nitrogens with zero attached hydrogens (tertiary/aromatic N) is 2. The van der Waals surface area contributed by atoms with E-state index in [4.69, 9.17) is 16.0 Å². The van der Waals surface area contributed by atoms with Gasteiger partial charge in [-0.2, -0.15) is 0 Å². The minimum Gasteiger partial charge on any atom is -0.478 e. The first kappa shape index (κ1) is 24.6. The van der Waals surface area contributed by atoms with Crippen LogP contribution in [0, 0.1) is 0 Å². The van der Waals surface area contributed by atoms with E-state index in [1.165, 1.54) is 0 Å². The van der Waals surface area contributed by atoms with Crippen molar-refractivity contribution in [3.63, 3.8) is 0 Å². The van der Waals surface area contributed by atoms with Crippen molar-refractivity contribution in [3.05, 3.63) is 29.0 Å². The van der Waals surface area contributed by atoms with Crippen LogP contribution in [-0.4, -0.2) is 41.5 Å². The highest BCUT2D eigenvalue weighted by molar-refractivity contribution is 6.74. The summed E-state index contributed by atoms with van der Waals surface area (Å²) < 4.78 is 6.53. The summed E-state index contributed by atoms with van der Waals surface area (Å²) >= 11 is 6.26. The number of fused-ring (bicyclic) bond motifs is 1.